The number of rotatable bonds is 8. The third kappa shape index (κ3) is 6.06. The molecule has 1 unspecified atom stereocenters. The lowest BCUT2D eigenvalue weighted by Gasteiger charge is -2.12. The summed E-state index contributed by atoms with van der Waals surface area (Å²) >= 11 is 1.40. The van der Waals surface area contributed by atoms with Crippen LogP contribution in [0.3, 0.4) is 0 Å². The molecule has 1 heterocycles. The molecule has 3 rings (SSSR count). The van der Waals surface area contributed by atoms with Gasteiger partial charge in [0.15, 0.2) is 0 Å². The summed E-state index contributed by atoms with van der Waals surface area (Å²) in [6.45, 7) is 2.10. The van der Waals surface area contributed by atoms with Crippen molar-refractivity contribution >= 4 is 34.5 Å². The van der Waals surface area contributed by atoms with Crippen molar-refractivity contribution in [2.75, 3.05) is 10.6 Å². The predicted molar refractivity (Wildman–Crippen MR) is 116 cm³/mol. The minimum Gasteiger partial charge on any atom is -0.326 e. The van der Waals surface area contributed by atoms with Crippen LogP contribution in [-0.2, 0) is 11.2 Å². The summed E-state index contributed by atoms with van der Waals surface area (Å²) in [6.07, 6.45) is 2.45. The first-order chi connectivity index (χ1) is 13.6. The standard InChI is InChI=1S/C23H24N2O2S/c1-17(9-10-18-6-3-2-4-7-18)16-22(26)24-19-11-13-20(14-12-19)25-23(27)21-8-5-15-28-21/h2-8,11-15,17H,9-10,16H2,1H3,(H,24,26)(H,25,27). The Morgan fingerprint density at radius 1 is 0.893 bits per heavy atom. The average molecular weight is 393 g/mol. The molecule has 0 bridgehead atoms. The van der Waals surface area contributed by atoms with E-state index in [1.807, 2.05) is 29.6 Å². The van der Waals surface area contributed by atoms with E-state index in [1.165, 1.54) is 16.9 Å². The van der Waals surface area contributed by atoms with Crippen molar-refractivity contribution in [2.24, 2.45) is 5.92 Å². The fourth-order valence-corrected chi connectivity index (χ4v) is 3.54. The minimum atomic E-state index is -0.126. The van der Waals surface area contributed by atoms with Gasteiger partial charge in [0.05, 0.1) is 4.88 Å². The van der Waals surface area contributed by atoms with Gasteiger partial charge in [-0.1, -0.05) is 43.3 Å². The Morgan fingerprint density at radius 3 is 2.21 bits per heavy atom. The summed E-state index contributed by atoms with van der Waals surface area (Å²) in [6, 6.07) is 21.1. The third-order valence-corrected chi connectivity index (χ3v) is 5.34. The van der Waals surface area contributed by atoms with E-state index in [4.69, 9.17) is 0 Å². The van der Waals surface area contributed by atoms with Crippen LogP contribution in [0.2, 0.25) is 0 Å². The van der Waals surface area contributed by atoms with Crippen LogP contribution in [0.4, 0.5) is 11.4 Å². The van der Waals surface area contributed by atoms with Crippen molar-refractivity contribution in [1.29, 1.82) is 0 Å². The lowest BCUT2D eigenvalue weighted by Crippen LogP contribution is -2.15. The Kier molecular flexibility index (Phi) is 6.98. The van der Waals surface area contributed by atoms with Gasteiger partial charge >= 0.3 is 0 Å². The summed E-state index contributed by atoms with van der Waals surface area (Å²) < 4.78 is 0. The molecule has 0 saturated carbocycles. The van der Waals surface area contributed by atoms with Gasteiger partial charge in [-0.25, -0.2) is 0 Å². The molecule has 2 aromatic carbocycles. The van der Waals surface area contributed by atoms with Crippen LogP contribution in [0.1, 0.15) is 35.0 Å². The van der Waals surface area contributed by atoms with Crippen LogP contribution in [0.25, 0.3) is 0 Å². The monoisotopic (exact) mass is 392 g/mol. The smallest absolute Gasteiger partial charge is 0.265 e. The lowest BCUT2D eigenvalue weighted by atomic mass is 9.98. The van der Waals surface area contributed by atoms with Crippen molar-refractivity contribution < 1.29 is 9.59 Å². The van der Waals surface area contributed by atoms with E-state index in [0.29, 0.717) is 22.9 Å². The van der Waals surface area contributed by atoms with Crippen LogP contribution in [0.5, 0.6) is 0 Å². The van der Waals surface area contributed by atoms with Crippen molar-refractivity contribution in [1.82, 2.24) is 0 Å². The molecule has 4 nitrogen and oxygen atoms in total. The summed E-state index contributed by atoms with van der Waals surface area (Å²) in [7, 11) is 0. The molecule has 0 spiro atoms. The van der Waals surface area contributed by atoms with Gasteiger partial charge < -0.3 is 10.6 Å². The maximum atomic E-state index is 12.3. The Balaban J connectivity index is 1.44. The number of aryl methyl sites for hydroxylation is 1. The van der Waals surface area contributed by atoms with Crippen LogP contribution in [0, 0.1) is 5.92 Å². The molecule has 1 aromatic heterocycles. The highest BCUT2D eigenvalue weighted by molar-refractivity contribution is 7.12. The second-order valence-corrected chi connectivity index (χ2v) is 7.84. The molecule has 0 fully saturated rings. The number of carbonyl (C=O) groups is 2. The van der Waals surface area contributed by atoms with E-state index in [-0.39, 0.29) is 11.8 Å². The zero-order valence-corrected chi connectivity index (χ0v) is 16.7. The molecule has 2 N–H and O–H groups in total. The summed E-state index contributed by atoms with van der Waals surface area (Å²) in [5, 5.41) is 7.65. The highest BCUT2D eigenvalue weighted by atomic mass is 32.1. The van der Waals surface area contributed by atoms with Gasteiger partial charge in [-0.3, -0.25) is 9.59 Å². The summed E-state index contributed by atoms with van der Waals surface area (Å²) in [5.41, 5.74) is 2.73. The van der Waals surface area contributed by atoms with Gasteiger partial charge in [0.1, 0.15) is 0 Å². The largest absolute Gasteiger partial charge is 0.326 e. The fourth-order valence-electron chi connectivity index (χ4n) is 2.93. The maximum Gasteiger partial charge on any atom is 0.265 e. The number of benzene rings is 2. The molecule has 28 heavy (non-hydrogen) atoms. The van der Waals surface area contributed by atoms with E-state index < -0.39 is 0 Å². The Labute approximate surface area is 169 Å². The number of hydrogen-bond acceptors (Lipinski definition) is 3. The highest BCUT2D eigenvalue weighted by Gasteiger charge is 2.10. The number of carbonyl (C=O) groups excluding carboxylic acids is 2. The first kappa shape index (κ1) is 19.8. The predicted octanol–water partition coefficient (Wildman–Crippen LogP) is 5.60. The first-order valence-electron chi connectivity index (χ1n) is 9.39. The molecule has 0 aliphatic heterocycles. The zero-order valence-electron chi connectivity index (χ0n) is 15.9. The van der Waals surface area contributed by atoms with Crippen LogP contribution in [0.15, 0.2) is 72.1 Å². The summed E-state index contributed by atoms with van der Waals surface area (Å²) in [5.74, 6) is 0.194. The maximum absolute atomic E-state index is 12.3. The number of thiophene rings is 1. The van der Waals surface area contributed by atoms with E-state index in [9.17, 15) is 9.59 Å². The van der Waals surface area contributed by atoms with Crippen molar-refractivity contribution in [2.45, 2.75) is 26.2 Å². The van der Waals surface area contributed by atoms with Crippen molar-refractivity contribution in [3.8, 4) is 0 Å². The molecule has 144 valence electrons. The SMILES string of the molecule is CC(CCc1ccccc1)CC(=O)Nc1ccc(NC(=O)c2cccs2)cc1. The van der Waals surface area contributed by atoms with Gasteiger partial charge in [-0.05, 0) is 60.0 Å². The van der Waals surface area contributed by atoms with Gasteiger partial charge in [0.25, 0.3) is 5.91 Å². The van der Waals surface area contributed by atoms with E-state index >= 15 is 0 Å². The molecule has 2 amide bonds. The quantitative estimate of drug-likeness (QED) is 0.524. The second-order valence-electron chi connectivity index (χ2n) is 6.89. The minimum absolute atomic E-state index is 0.0101. The molecule has 0 radical (unpaired) electrons. The number of anilines is 2. The Morgan fingerprint density at radius 2 is 1.57 bits per heavy atom. The normalized spacial score (nSPS) is 11.6. The molecule has 5 heteroatoms. The first-order valence-corrected chi connectivity index (χ1v) is 10.3. The molecule has 0 aliphatic rings. The van der Waals surface area contributed by atoms with Gasteiger partial charge in [-0.2, -0.15) is 0 Å². The van der Waals surface area contributed by atoms with Crippen molar-refractivity contribution in [3.05, 3.63) is 82.6 Å². The zero-order chi connectivity index (χ0) is 19.8. The molecular weight excluding hydrogens is 368 g/mol. The van der Waals surface area contributed by atoms with Gasteiger partial charge in [0, 0.05) is 17.8 Å². The Hall–Kier alpha value is -2.92. The van der Waals surface area contributed by atoms with Crippen LogP contribution < -0.4 is 10.6 Å². The Bertz CT molecular complexity index is 890. The van der Waals surface area contributed by atoms with E-state index in [0.717, 1.165) is 18.5 Å². The van der Waals surface area contributed by atoms with Gasteiger partial charge in [0.2, 0.25) is 5.91 Å². The molecule has 1 atom stereocenters. The molecular formula is C23H24N2O2S. The van der Waals surface area contributed by atoms with Crippen molar-refractivity contribution in [3.63, 3.8) is 0 Å². The fraction of sp³-hybridized carbons (Fsp3) is 0.217. The molecule has 0 aliphatic carbocycles. The van der Waals surface area contributed by atoms with E-state index in [2.05, 4.69) is 29.7 Å². The average Bonchev–Trinajstić information content (AvgIpc) is 3.24. The highest BCUT2D eigenvalue weighted by Crippen LogP contribution is 2.18. The van der Waals surface area contributed by atoms with Crippen LogP contribution >= 0.6 is 11.3 Å². The van der Waals surface area contributed by atoms with Gasteiger partial charge in [-0.15, -0.1) is 11.3 Å². The second kappa shape index (κ2) is 9.85. The molecule has 0 saturated heterocycles. The number of nitrogens with one attached hydrogen (secondary N) is 2. The number of hydrogen-bond donors (Lipinski definition) is 2. The summed E-state index contributed by atoms with van der Waals surface area (Å²) in [4.78, 5) is 25.0. The molecule has 3 aromatic rings. The number of amides is 2. The third-order valence-electron chi connectivity index (χ3n) is 4.47. The van der Waals surface area contributed by atoms with Crippen LogP contribution in [-0.4, -0.2) is 11.8 Å². The lowest BCUT2D eigenvalue weighted by molar-refractivity contribution is -0.117. The topological polar surface area (TPSA) is 58.2 Å². The van der Waals surface area contributed by atoms with E-state index in [1.54, 1.807) is 30.3 Å².